The highest BCUT2D eigenvalue weighted by molar-refractivity contribution is 9.10. The van der Waals surface area contributed by atoms with Crippen LogP contribution in [0, 0.1) is 0 Å². The zero-order chi connectivity index (χ0) is 18.4. The summed E-state index contributed by atoms with van der Waals surface area (Å²) < 4.78 is 1.07. The van der Waals surface area contributed by atoms with Crippen LogP contribution in [0.5, 0.6) is 0 Å². The van der Waals surface area contributed by atoms with Crippen molar-refractivity contribution < 1.29 is 0 Å². The maximum absolute atomic E-state index is 4.66. The Hall–Kier alpha value is -2.47. The monoisotopic (exact) mass is 411 g/mol. The number of halogens is 1. The van der Waals surface area contributed by atoms with Gasteiger partial charge in [-0.15, -0.1) is 0 Å². The minimum Gasteiger partial charge on any atom is -0.366 e. The summed E-state index contributed by atoms with van der Waals surface area (Å²) in [7, 11) is 0. The zero-order valence-electron chi connectivity index (χ0n) is 14.9. The van der Waals surface area contributed by atoms with Gasteiger partial charge in [-0.3, -0.25) is 4.98 Å². The topological polar surface area (TPSA) is 62.7 Å². The second kappa shape index (κ2) is 8.76. The van der Waals surface area contributed by atoms with Crippen LogP contribution in [-0.4, -0.2) is 21.0 Å². The van der Waals surface area contributed by atoms with E-state index in [1.54, 1.807) is 12.4 Å². The molecule has 0 radical (unpaired) electrons. The van der Waals surface area contributed by atoms with Gasteiger partial charge in [0.2, 0.25) is 5.95 Å². The van der Waals surface area contributed by atoms with E-state index >= 15 is 0 Å². The molecule has 0 aliphatic heterocycles. The number of nitrogens with zero attached hydrogens (tertiary/aromatic N) is 3. The SMILES string of the molecule is CC[C@@H](C)Nc1nc(NCc2cccc(Br)c2)cc(-c2ccncc2)n1. The van der Waals surface area contributed by atoms with Crippen LogP contribution in [0.25, 0.3) is 11.3 Å². The first-order valence-corrected chi connectivity index (χ1v) is 9.47. The maximum Gasteiger partial charge on any atom is 0.225 e. The maximum atomic E-state index is 4.66. The normalized spacial score (nSPS) is 11.8. The number of anilines is 2. The van der Waals surface area contributed by atoms with Crippen molar-refractivity contribution in [1.29, 1.82) is 0 Å². The summed E-state index contributed by atoms with van der Waals surface area (Å²) in [4.78, 5) is 13.4. The van der Waals surface area contributed by atoms with E-state index in [9.17, 15) is 0 Å². The first-order chi connectivity index (χ1) is 12.6. The molecule has 2 heterocycles. The van der Waals surface area contributed by atoms with Crippen LogP contribution in [0.2, 0.25) is 0 Å². The van der Waals surface area contributed by atoms with Crippen LogP contribution in [0.3, 0.4) is 0 Å². The summed E-state index contributed by atoms with van der Waals surface area (Å²) >= 11 is 3.51. The Balaban J connectivity index is 1.86. The van der Waals surface area contributed by atoms with E-state index < -0.39 is 0 Å². The molecule has 26 heavy (non-hydrogen) atoms. The minimum absolute atomic E-state index is 0.306. The summed E-state index contributed by atoms with van der Waals surface area (Å²) in [6, 6.07) is 14.4. The third kappa shape index (κ3) is 5.02. The van der Waals surface area contributed by atoms with Gasteiger partial charge in [-0.2, -0.15) is 4.98 Å². The Bertz CT molecular complexity index is 854. The van der Waals surface area contributed by atoms with Crippen LogP contribution in [-0.2, 0) is 6.54 Å². The highest BCUT2D eigenvalue weighted by atomic mass is 79.9. The predicted octanol–water partition coefficient (Wildman–Crippen LogP) is 5.12. The zero-order valence-corrected chi connectivity index (χ0v) is 16.5. The first kappa shape index (κ1) is 18.3. The molecule has 5 nitrogen and oxygen atoms in total. The van der Waals surface area contributed by atoms with Crippen LogP contribution in [0.4, 0.5) is 11.8 Å². The van der Waals surface area contributed by atoms with E-state index in [-0.39, 0.29) is 0 Å². The summed E-state index contributed by atoms with van der Waals surface area (Å²) in [5, 5.41) is 6.77. The standard InChI is InChI=1S/C20H22BrN5/c1-3-14(2)24-20-25-18(16-7-9-22-10-8-16)12-19(26-20)23-13-15-5-4-6-17(21)11-15/h4-12,14H,3,13H2,1-2H3,(H2,23,24,25,26)/t14-/m1/s1. The number of rotatable bonds is 7. The van der Waals surface area contributed by atoms with Gasteiger partial charge < -0.3 is 10.6 Å². The lowest BCUT2D eigenvalue weighted by molar-refractivity contribution is 0.753. The van der Waals surface area contributed by atoms with E-state index in [4.69, 9.17) is 0 Å². The molecule has 0 aliphatic carbocycles. The van der Waals surface area contributed by atoms with Crippen molar-refractivity contribution in [2.45, 2.75) is 32.9 Å². The average molecular weight is 412 g/mol. The molecule has 0 aliphatic rings. The number of nitrogens with one attached hydrogen (secondary N) is 2. The molecule has 3 rings (SSSR count). The number of hydrogen-bond donors (Lipinski definition) is 2. The van der Waals surface area contributed by atoms with E-state index in [0.717, 1.165) is 28.0 Å². The molecule has 0 spiro atoms. The summed E-state index contributed by atoms with van der Waals surface area (Å²) in [6.07, 6.45) is 4.55. The molecular weight excluding hydrogens is 390 g/mol. The molecule has 0 unspecified atom stereocenters. The molecule has 1 aromatic carbocycles. The van der Waals surface area contributed by atoms with Crippen molar-refractivity contribution in [2.75, 3.05) is 10.6 Å². The third-order valence-electron chi connectivity index (χ3n) is 4.05. The van der Waals surface area contributed by atoms with Crippen LogP contribution in [0.15, 0.2) is 59.3 Å². The van der Waals surface area contributed by atoms with E-state index in [1.165, 1.54) is 5.56 Å². The number of pyridine rings is 1. The van der Waals surface area contributed by atoms with Gasteiger partial charge in [0.1, 0.15) is 5.82 Å². The second-order valence-corrected chi connectivity index (χ2v) is 7.05. The van der Waals surface area contributed by atoms with Gasteiger partial charge in [-0.05, 0) is 43.2 Å². The molecule has 2 N–H and O–H groups in total. The van der Waals surface area contributed by atoms with E-state index in [0.29, 0.717) is 18.5 Å². The largest absolute Gasteiger partial charge is 0.366 e. The molecule has 0 fully saturated rings. The minimum atomic E-state index is 0.306. The average Bonchev–Trinajstić information content (AvgIpc) is 2.67. The van der Waals surface area contributed by atoms with Crippen LogP contribution < -0.4 is 10.6 Å². The van der Waals surface area contributed by atoms with Crippen molar-refractivity contribution in [1.82, 2.24) is 15.0 Å². The second-order valence-electron chi connectivity index (χ2n) is 6.14. The Labute approximate surface area is 162 Å². The van der Waals surface area contributed by atoms with Crippen molar-refractivity contribution in [2.24, 2.45) is 0 Å². The Kier molecular flexibility index (Phi) is 6.17. The lowest BCUT2D eigenvalue weighted by Crippen LogP contribution is -2.16. The van der Waals surface area contributed by atoms with Crippen LogP contribution in [0.1, 0.15) is 25.8 Å². The fraction of sp³-hybridized carbons (Fsp3) is 0.250. The number of benzene rings is 1. The lowest BCUT2D eigenvalue weighted by atomic mass is 10.2. The van der Waals surface area contributed by atoms with Crippen molar-refractivity contribution >= 4 is 27.7 Å². The fourth-order valence-corrected chi connectivity index (χ4v) is 2.88. The first-order valence-electron chi connectivity index (χ1n) is 8.68. The predicted molar refractivity (Wildman–Crippen MR) is 110 cm³/mol. The van der Waals surface area contributed by atoms with Gasteiger partial charge in [-0.1, -0.05) is 35.0 Å². The molecular formula is C20H22BrN5. The van der Waals surface area contributed by atoms with Crippen molar-refractivity contribution in [3.63, 3.8) is 0 Å². The molecule has 134 valence electrons. The highest BCUT2D eigenvalue weighted by Gasteiger charge is 2.09. The number of hydrogen-bond acceptors (Lipinski definition) is 5. The molecule has 0 saturated heterocycles. The Morgan fingerprint density at radius 1 is 1.08 bits per heavy atom. The fourth-order valence-electron chi connectivity index (χ4n) is 2.43. The number of aromatic nitrogens is 3. The summed E-state index contributed by atoms with van der Waals surface area (Å²) in [5.74, 6) is 1.42. The van der Waals surface area contributed by atoms with Gasteiger partial charge in [-0.25, -0.2) is 4.98 Å². The molecule has 0 saturated carbocycles. The molecule has 2 aromatic heterocycles. The molecule has 0 bridgehead atoms. The Morgan fingerprint density at radius 3 is 2.62 bits per heavy atom. The highest BCUT2D eigenvalue weighted by Crippen LogP contribution is 2.22. The third-order valence-corrected chi connectivity index (χ3v) is 4.55. The van der Waals surface area contributed by atoms with Crippen molar-refractivity contribution in [3.05, 3.63) is 64.9 Å². The van der Waals surface area contributed by atoms with Gasteiger partial charge >= 0.3 is 0 Å². The molecule has 3 aromatic rings. The summed E-state index contributed by atoms with van der Waals surface area (Å²) in [6.45, 7) is 4.95. The van der Waals surface area contributed by atoms with Gasteiger partial charge in [0, 0.05) is 41.1 Å². The summed E-state index contributed by atoms with van der Waals surface area (Å²) in [5.41, 5.74) is 3.06. The van der Waals surface area contributed by atoms with Crippen LogP contribution >= 0.6 is 15.9 Å². The van der Waals surface area contributed by atoms with E-state index in [2.05, 4.69) is 67.5 Å². The quantitative estimate of drug-likeness (QED) is 0.564. The van der Waals surface area contributed by atoms with Crippen molar-refractivity contribution in [3.8, 4) is 11.3 Å². The van der Waals surface area contributed by atoms with Gasteiger partial charge in [0.25, 0.3) is 0 Å². The molecule has 0 amide bonds. The molecule has 6 heteroatoms. The smallest absolute Gasteiger partial charge is 0.225 e. The van der Waals surface area contributed by atoms with Gasteiger partial charge in [0.15, 0.2) is 0 Å². The molecule has 1 atom stereocenters. The van der Waals surface area contributed by atoms with E-state index in [1.807, 2.05) is 30.3 Å². The van der Waals surface area contributed by atoms with Gasteiger partial charge in [0.05, 0.1) is 5.69 Å². The lowest BCUT2D eigenvalue weighted by Gasteiger charge is -2.14. The Morgan fingerprint density at radius 2 is 1.88 bits per heavy atom.